The van der Waals surface area contributed by atoms with E-state index in [1.54, 1.807) is 4.90 Å². The Bertz CT molecular complexity index is 614. The van der Waals surface area contributed by atoms with Crippen LogP contribution in [0.2, 0.25) is 5.02 Å². The zero-order chi connectivity index (χ0) is 19.1. The van der Waals surface area contributed by atoms with Crippen LogP contribution in [0.25, 0.3) is 0 Å². The van der Waals surface area contributed by atoms with Crippen LogP contribution in [0.1, 0.15) is 38.3 Å². The van der Waals surface area contributed by atoms with Crippen molar-refractivity contribution in [1.29, 1.82) is 0 Å². The molecular formula is C19H28ClN3O3. The number of hydrogen-bond acceptors (Lipinski definition) is 3. The molecule has 2 rings (SSSR count). The number of benzene rings is 1. The summed E-state index contributed by atoms with van der Waals surface area (Å²) in [6.07, 6.45) is 1.01. The van der Waals surface area contributed by atoms with Crippen molar-refractivity contribution >= 4 is 23.6 Å². The minimum absolute atomic E-state index is 0.000733. The fraction of sp³-hybridized carbons (Fsp3) is 0.579. The lowest BCUT2D eigenvalue weighted by Crippen LogP contribution is -2.47. The third kappa shape index (κ3) is 5.11. The molecule has 0 bridgehead atoms. The fourth-order valence-electron chi connectivity index (χ4n) is 3.47. The first kappa shape index (κ1) is 20.5. The lowest BCUT2D eigenvalue weighted by atomic mass is 9.97. The second-order valence-corrected chi connectivity index (χ2v) is 6.95. The van der Waals surface area contributed by atoms with Crippen molar-refractivity contribution in [3.05, 3.63) is 34.9 Å². The quantitative estimate of drug-likeness (QED) is 0.760. The number of amides is 2. The van der Waals surface area contributed by atoms with E-state index in [4.69, 9.17) is 16.7 Å². The number of rotatable bonds is 7. The van der Waals surface area contributed by atoms with E-state index < -0.39 is 5.97 Å². The Morgan fingerprint density at radius 3 is 2.42 bits per heavy atom. The van der Waals surface area contributed by atoms with Gasteiger partial charge in [-0.3, -0.25) is 9.69 Å². The Hall–Kier alpha value is -1.79. The van der Waals surface area contributed by atoms with Gasteiger partial charge in [-0.2, -0.15) is 0 Å². The summed E-state index contributed by atoms with van der Waals surface area (Å²) in [6.45, 7) is 7.30. The van der Waals surface area contributed by atoms with E-state index in [9.17, 15) is 9.59 Å². The highest BCUT2D eigenvalue weighted by atomic mass is 35.5. The molecule has 7 heteroatoms. The molecule has 26 heavy (non-hydrogen) atoms. The molecule has 2 N–H and O–H groups in total. The number of aliphatic carboxylic acids is 1. The number of carbonyl (C=O) groups is 2. The molecule has 2 amide bonds. The molecule has 1 heterocycles. The zero-order valence-corrected chi connectivity index (χ0v) is 16.2. The predicted molar refractivity (Wildman–Crippen MR) is 102 cm³/mol. The topological polar surface area (TPSA) is 72.9 Å². The number of carboxylic acid groups (broad SMARTS) is 1. The molecule has 1 aromatic rings. The average Bonchev–Trinajstić information content (AvgIpc) is 2.65. The number of likely N-dealkylation sites (N-methyl/N-ethyl adjacent to an activating group) is 1. The molecule has 1 unspecified atom stereocenters. The summed E-state index contributed by atoms with van der Waals surface area (Å²) in [6, 6.07) is 7.58. The highest BCUT2D eigenvalue weighted by Crippen LogP contribution is 2.27. The van der Waals surface area contributed by atoms with Crippen LogP contribution < -0.4 is 5.32 Å². The lowest BCUT2D eigenvalue weighted by Gasteiger charge is -2.33. The molecule has 1 fully saturated rings. The highest BCUT2D eigenvalue weighted by Gasteiger charge is 2.28. The Labute approximate surface area is 160 Å². The van der Waals surface area contributed by atoms with Crippen molar-refractivity contribution in [3.63, 3.8) is 0 Å². The summed E-state index contributed by atoms with van der Waals surface area (Å²) in [4.78, 5) is 27.5. The van der Waals surface area contributed by atoms with Gasteiger partial charge in [-0.15, -0.1) is 0 Å². The summed E-state index contributed by atoms with van der Waals surface area (Å²) in [5.74, 6) is -1.11. The molecule has 0 spiro atoms. The van der Waals surface area contributed by atoms with Crippen LogP contribution >= 0.6 is 11.6 Å². The van der Waals surface area contributed by atoms with Crippen LogP contribution in [0, 0.1) is 5.92 Å². The first-order valence-electron chi connectivity index (χ1n) is 9.21. The second kappa shape index (κ2) is 9.78. The second-order valence-electron chi connectivity index (χ2n) is 6.54. The Morgan fingerprint density at radius 2 is 1.88 bits per heavy atom. The molecular weight excluding hydrogens is 354 g/mol. The molecule has 0 radical (unpaired) electrons. The van der Waals surface area contributed by atoms with Gasteiger partial charge in [-0.1, -0.05) is 43.6 Å². The Kier molecular flexibility index (Phi) is 7.72. The number of halogens is 1. The summed E-state index contributed by atoms with van der Waals surface area (Å²) < 4.78 is 0. The van der Waals surface area contributed by atoms with Crippen LogP contribution in [0.3, 0.4) is 0 Å². The van der Waals surface area contributed by atoms with E-state index in [1.165, 1.54) is 0 Å². The summed E-state index contributed by atoms with van der Waals surface area (Å²) in [5, 5.41) is 12.8. The number of piperidine rings is 1. The average molecular weight is 382 g/mol. The van der Waals surface area contributed by atoms with Gasteiger partial charge in [0.1, 0.15) is 0 Å². The molecule has 6 nitrogen and oxygen atoms in total. The number of nitrogens with one attached hydrogen (secondary N) is 1. The highest BCUT2D eigenvalue weighted by molar-refractivity contribution is 6.31. The zero-order valence-electron chi connectivity index (χ0n) is 15.4. The largest absolute Gasteiger partial charge is 0.481 e. The summed E-state index contributed by atoms with van der Waals surface area (Å²) in [5.41, 5.74) is 1.00. The molecule has 1 saturated heterocycles. The smallest absolute Gasteiger partial charge is 0.317 e. The maximum Gasteiger partial charge on any atom is 0.317 e. The van der Waals surface area contributed by atoms with Gasteiger partial charge < -0.3 is 15.3 Å². The molecule has 0 aromatic heterocycles. The van der Waals surface area contributed by atoms with Crippen LogP contribution in [-0.4, -0.2) is 59.6 Å². The van der Waals surface area contributed by atoms with Gasteiger partial charge in [0.2, 0.25) is 0 Å². The predicted octanol–water partition coefficient (Wildman–Crippen LogP) is 3.23. The normalized spacial score (nSPS) is 16.5. The van der Waals surface area contributed by atoms with Crippen molar-refractivity contribution < 1.29 is 14.7 Å². The number of carboxylic acids is 1. The lowest BCUT2D eigenvalue weighted by molar-refractivity contribution is -0.143. The maximum atomic E-state index is 12.5. The first-order valence-corrected chi connectivity index (χ1v) is 9.59. The van der Waals surface area contributed by atoms with Crippen LogP contribution in [-0.2, 0) is 4.79 Å². The minimum atomic E-state index is -0.773. The number of urea groups is 1. The number of likely N-dealkylation sites (tertiary alicyclic amines) is 1. The minimum Gasteiger partial charge on any atom is -0.481 e. The maximum absolute atomic E-state index is 12.5. The van der Waals surface area contributed by atoms with Gasteiger partial charge in [-0.25, -0.2) is 4.79 Å². The van der Waals surface area contributed by atoms with Gasteiger partial charge in [0.15, 0.2) is 0 Å². The van der Waals surface area contributed by atoms with Gasteiger partial charge >= 0.3 is 12.0 Å². The van der Waals surface area contributed by atoms with Gasteiger partial charge in [0.05, 0.1) is 12.0 Å². The molecule has 1 atom stereocenters. The third-order valence-corrected chi connectivity index (χ3v) is 5.44. The van der Waals surface area contributed by atoms with E-state index in [2.05, 4.69) is 24.1 Å². The number of hydrogen-bond donors (Lipinski definition) is 2. The van der Waals surface area contributed by atoms with E-state index in [0.717, 1.165) is 18.7 Å². The van der Waals surface area contributed by atoms with E-state index in [-0.39, 0.29) is 18.0 Å². The monoisotopic (exact) mass is 381 g/mol. The van der Waals surface area contributed by atoms with Crippen molar-refractivity contribution in [1.82, 2.24) is 15.1 Å². The molecule has 1 aliphatic rings. The standard InChI is InChI=1S/C19H28ClN3O3/c1-3-22(4-2)17(15-7-5-6-8-16(15)20)13-21-19(26)23-11-9-14(10-12-23)18(24)25/h5-8,14,17H,3-4,9-13H2,1-2H3,(H,21,26)(H,24,25). The summed E-state index contributed by atoms with van der Waals surface area (Å²) in [7, 11) is 0. The van der Waals surface area contributed by atoms with Gasteiger partial charge in [0.25, 0.3) is 0 Å². The van der Waals surface area contributed by atoms with Crippen molar-refractivity contribution in [2.45, 2.75) is 32.7 Å². The van der Waals surface area contributed by atoms with E-state index in [0.29, 0.717) is 37.5 Å². The summed E-state index contributed by atoms with van der Waals surface area (Å²) >= 11 is 6.38. The van der Waals surface area contributed by atoms with Crippen LogP contribution in [0.15, 0.2) is 24.3 Å². The van der Waals surface area contributed by atoms with Gasteiger partial charge in [0, 0.05) is 24.7 Å². The Morgan fingerprint density at radius 1 is 1.27 bits per heavy atom. The van der Waals surface area contributed by atoms with E-state index in [1.807, 2.05) is 24.3 Å². The van der Waals surface area contributed by atoms with Crippen LogP contribution in [0.4, 0.5) is 4.79 Å². The number of nitrogens with zero attached hydrogens (tertiary/aromatic N) is 2. The fourth-order valence-corrected chi connectivity index (χ4v) is 3.73. The first-order chi connectivity index (χ1) is 12.5. The SMILES string of the molecule is CCN(CC)C(CNC(=O)N1CCC(C(=O)O)CC1)c1ccccc1Cl. The van der Waals surface area contributed by atoms with Crippen molar-refractivity contribution in [3.8, 4) is 0 Å². The molecule has 1 aliphatic heterocycles. The Balaban J connectivity index is 2.00. The molecule has 0 aliphatic carbocycles. The molecule has 0 saturated carbocycles. The van der Waals surface area contributed by atoms with Gasteiger partial charge in [-0.05, 0) is 37.6 Å². The third-order valence-electron chi connectivity index (χ3n) is 5.10. The van der Waals surface area contributed by atoms with Crippen molar-refractivity contribution in [2.75, 3.05) is 32.7 Å². The molecule has 144 valence electrons. The van der Waals surface area contributed by atoms with Crippen LogP contribution in [0.5, 0.6) is 0 Å². The van der Waals surface area contributed by atoms with Crippen molar-refractivity contribution in [2.24, 2.45) is 5.92 Å². The number of carbonyl (C=O) groups excluding carboxylic acids is 1. The molecule has 1 aromatic carbocycles. The van der Waals surface area contributed by atoms with E-state index >= 15 is 0 Å².